The van der Waals surface area contributed by atoms with E-state index in [1.165, 1.54) is 6.42 Å². The molecule has 3 N–H and O–H groups in total. The van der Waals surface area contributed by atoms with Gasteiger partial charge < -0.3 is 15.3 Å². The maximum absolute atomic E-state index is 12.4. The van der Waals surface area contributed by atoms with Gasteiger partial charge >= 0.3 is 5.69 Å². The lowest BCUT2D eigenvalue weighted by atomic mass is 9.95. The molecule has 9 heteroatoms. The van der Waals surface area contributed by atoms with Gasteiger partial charge in [0.05, 0.1) is 6.20 Å². The number of aromatic amines is 2. The molecule has 0 amide bonds. The lowest BCUT2D eigenvalue weighted by Gasteiger charge is -2.22. The zero-order valence-electron chi connectivity index (χ0n) is 13.4. The second-order valence-corrected chi connectivity index (χ2v) is 7.12. The maximum atomic E-state index is 12.4. The molecular weight excluding hydrogens is 388 g/mol. The summed E-state index contributed by atoms with van der Waals surface area (Å²) in [6.07, 6.45) is 8.53. The molecular formula is C16H17BrN6O2. The molecule has 3 heterocycles. The van der Waals surface area contributed by atoms with E-state index in [1.807, 2.05) is 0 Å². The van der Waals surface area contributed by atoms with Crippen LogP contribution in [-0.4, -0.2) is 24.5 Å². The number of nitrogens with one attached hydrogen (secondary N) is 3. The standard InChI is InChI=1S/C16H17BrN6O2/c17-9-6-11(14(24)18-7-9)20-15-19-8-12-13(22-15)23(16(25)21-12)10-4-2-1-3-5-10/h6-8,10H,1-5H2,(H,18,24)(H,21,25)(H,19,20,22). The van der Waals surface area contributed by atoms with Gasteiger partial charge in [0.2, 0.25) is 5.95 Å². The quantitative estimate of drug-likeness (QED) is 0.621. The smallest absolute Gasteiger partial charge is 0.326 e. The summed E-state index contributed by atoms with van der Waals surface area (Å²) in [5.41, 5.74) is 1.07. The van der Waals surface area contributed by atoms with Gasteiger partial charge in [0.15, 0.2) is 5.65 Å². The summed E-state index contributed by atoms with van der Waals surface area (Å²) in [5.74, 6) is 0.277. The molecule has 130 valence electrons. The number of hydrogen-bond acceptors (Lipinski definition) is 5. The van der Waals surface area contributed by atoms with E-state index in [0.717, 1.165) is 30.2 Å². The Kier molecular flexibility index (Phi) is 4.16. The minimum atomic E-state index is -0.273. The molecule has 0 bridgehead atoms. The van der Waals surface area contributed by atoms with Crippen LogP contribution in [0.2, 0.25) is 0 Å². The molecule has 3 aromatic rings. The number of H-pyrrole nitrogens is 2. The number of rotatable bonds is 3. The van der Waals surface area contributed by atoms with Crippen LogP contribution in [0.15, 0.2) is 32.5 Å². The van der Waals surface area contributed by atoms with Crippen molar-refractivity contribution in [3.63, 3.8) is 0 Å². The van der Waals surface area contributed by atoms with Crippen molar-refractivity contribution in [2.75, 3.05) is 5.32 Å². The average Bonchev–Trinajstić information content (AvgIpc) is 2.94. The summed E-state index contributed by atoms with van der Waals surface area (Å²) in [6, 6.07) is 1.81. The normalized spacial score (nSPS) is 15.6. The van der Waals surface area contributed by atoms with Crippen LogP contribution in [0.1, 0.15) is 38.1 Å². The average molecular weight is 405 g/mol. The molecule has 0 atom stereocenters. The monoisotopic (exact) mass is 404 g/mol. The van der Waals surface area contributed by atoms with Gasteiger partial charge in [0, 0.05) is 16.7 Å². The van der Waals surface area contributed by atoms with E-state index in [9.17, 15) is 9.59 Å². The van der Waals surface area contributed by atoms with Crippen molar-refractivity contribution in [1.82, 2.24) is 24.5 Å². The van der Waals surface area contributed by atoms with E-state index < -0.39 is 0 Å². The highest BCUT2D eigenvalue weighted by Gasteiger charge is 2.21. The number of pyridine rings is 1. The molecule has 1 aliphatic rings. The zero-order chi connectivity index (χ0) is 17.4. The molecule has 0 spiro atoms. The summed E-state index contributed by atoms with van der Waals surface area (Å²) >= 11 is 3.32. The van der Waals surface area contributed by atoms with E-state index in [0.29, 0.717) is 16.9 Å². The van der Waals surface area contributed by atoms with Gasteiger partial charge in [-0.1, -0.05) is 19.3 Å². The van der Waals surface area contributed by atoms with Crippen LogP contribution in [0.4, 0.5) is 11.6 Å². The van der Waals surface area contributed by atoms with Gasteiger partial charge in [-0.2, -0.15) is 4.98 Å². The van der Waals surface area contributed by atoms with Crippen molar-refractivity contribution in [2.45, 2.75) is 38.1 Å². The molecule has 1 aliphatic carbocycles. The van der Waals surface area contributed by atoms with Crippen LogP contribution in [-0.2, 0) is 0 Å². The zero-order valence-corrected chi connectivity index (χ0v) is 15.0. The third-order valence-corrected chi connectivity index (χ3v) is 4.97. The Morgan fingerprint density at radius 1 is 1.24 bits per heavy atom. The van der Waals surface area contributed by atoms with Crippen LogP contribution in [0.5, 0.6) is 0 Å². The molecule has 1 fully saturated rings. The molecule has 0 radical (unpaired) electrons. The highest BCUT2D eigenvalue weighted by Crippen LogP contribution is 2.29. The van der Waals surface area contributed by atoms with E-state index >= 15 is 0 Å². The number of aromatic nitrogens is 5. The predicted octanol–water partition coefficient (Wildman–Crippen LogP) is 2.82. The third kappa shape index (κ3) is 3.11. The van der Waals surface area contributed by atoms with Crippen LogP contribution in [0, 0.1) is 0 Å². The van der Waals surface area contributed by atoms with E-state index in [2.05, 4.69) is 41.2 Å². The summed E-state index contributed by atoms with van der Waals surface area (Å²) in [4.78, 5) is 38.4. The van der Waals surface area contributed by atoms with Crippen molar-refractivity contribution in [3.8, 4) is 0 Å². The predicted molar refractivity (Wildman–Crippen MR) is 98.3 cm³/mol. The number of nitrogens with zero attached hydrogens (tertiary/aromatic N) is 3. The topological polar surface area (TPSA) is 108 Å². The number of hydrogen-bond donors (Lipinski definition) is 3. The summed E-state index contributed by atoms with van der Waals surface area (Å²) < 4.78 is 2.46. The fourth-order valence-corrected chi connectivity index (χ4v) is 3.67. The van der Waals surface area contributed by atoms with Crippen LogP contribution in [0.25, 0.3) is 11.2 Å². The Balaban J connectivity index is 1.75. The van der Waals surface area contributed by atoms with Gasteiger partial charge in [-0.3, -0.25) is 9.36 Å². The second-order valence-electron chi connectivity index (χ2n) is 6.21. The Morgan fingerprint density at radius 3 is 2.84 bits per heavy atom. The third-order valence-electron chi connectivity index (χ3n) is 4.51. The van der Waals surface area contributed by atoms with Crippen molar-refractivity contribution in [3.05, 3.63) is 43.8 Å². The highest BCUT2D eigenvalue weighted by atomic mass is 79.9. The van der Waals surface area contributed by atoms with E-state index in [-0.39, 0.29) is 23.2 Å². The number of anilines is 2. The van der Waals surface area contributed by atoms with Crippen molar-refractivity contribution >= 4 is 38.7 Å². The Bertz CT molecular complexity index is 1030. The van der Waals surface area contributed by atoms with E-state index in [1.54, 1.807) is 23.0 Å². The first-order valence-electron chi connectivity index (χ1n) is 8.24. The Labute approximate surface area is 150 Å². The van der Waals surface area contributed by atoms with Crippen LogP contribution < -0.4 is 16.6 Å². The minimum absolute atomic E-state index is 0.159. The molecule has 0 aromatic carbocycles. The Morgan fingerprint density at radius 2 is 2.04 bits per heavy atom. The first-order chi connectivity index (χ1) is 12.1. The lowest BCUT2D eigenvalue weighted by molar-refractivity contribution is 0.352. The first-order valence-corrected chi connectivity index (χ1v) is 9.03. The van der Waals surface area contributed by atoms with E-state index in [4.69, 9.17) is 0 Å². The van der Waals surface area contributed by atoms with Crippen molar-refractivity contribution < 1.29 is 0 Å². The lowest BCUT2D eigenvalue weighted by Crippen LogP contribution is -2.24. The molecule has 25 heavy (non-hydrogen) atoms. The molecule has 1 saturated carbocycles. The van der Waals surface area contributed by atoms with Crippen molar-refractivity contribution in [1.29, 1.82) is 0 Å². The second kappa shape index (κ2) is 6.47. The summed E-state index contributed by atoms with van der Waals surface area (Å²) in [7, 11) is 0. The molecule has 8 nitrogen and oxygen atoms in total. The van der Waals surface area contributed by atoms with Crippen LogP contribution >= 0.6 is 15.9 Å². The van der Waals surface area contributed by atoms with Crippen molar-refractivity contribution in [2.24, 2.45) is 0 Å². The number of halogens is 1. The molecule has 0 unspecified atom stereocenters. The number of imidazole rings is 1. The largest absolute Gasteiger partial charge is 0.327 e. The molecule has 0 saturated heterocycles. The fourth-order valence-electron chi connectivity index (χ4n) is 3.33. The van der Waals surface area contributed by atoms with Gasteiger partial charge in [-0.15, -0.1) is 0 Å². The Hall–Kier alpha value is -2.42. The maximum Gasteiger partial charge on any atom is 0.327 e. The van der Waals surface area contributed by atoms with Crippen LogP contribution in [0.3, 0.4) is 0 Å². The van der Waals surface area contributed by atoms with Gasteiger partial charge in [0.1, 0.15) is 11.2 Å². The molecule has 4 rings (SSSR count). The molecule has 3 aromatic heterocycles. The molecule has 0 aliphatic heterocycles. The summed E-state index contributed by atoms with van der Waals surface area (Å²) in [6.45, 7) is 0. The highest BCUT2D eigenvalue weighted by molar-refractivity contribution is 9.10. The number of fused-ring (bicyclic) bond motifs is 1. The summed E-state index contributed by atoms with van der Waals surface area (Å²) in [5, 5.41) is 2.92. The first kappa shape index (κ1) is 16.1. The fraction of sp³-hybridized carbons (Fsp3) is 0.375. The SMILES string of the molecule is O=c1[nH]cc(Br)cc1Nc1ncc2[nH]c(=O)n(C3CCCCC3)c2n1. The van der Waals surface area contributed by atoms with Gasteiger partial charge in [-0.05, 0) is 34.8 Å². The van der Waals surface area contributed by atoms with Gasteiger partial charge in [-0.25, -0.2) is 9.78 Å². The van der Waals surface area contributed by atoms with Gasteiger partial charge in [0.25, 0.3) is 5.56 Å². The minimum Gasteiger partial charge on any atom is -0.326 e.